The molecule has 1 aliphatic rings. The van der Waals surface area contributed by atoms with Crippen LogP contribution < -0.4 is 4.74 Å². The summed E-state index contributed by atoms with van der Waals surface area (Å²) in [7, 11) is 0. The summed E-state index contributed by atoms with van der Waals surface area (Å²) in [6.45, 7) is 25.5. The molecule has 270 valence electrons. The van der Waals surface area contributed by atoms with Gasteiger partial charge < -0.3 is 4.74 Å². The zero-order chi connectivity index (χ0) is 37.1. The van der Waals surface area contributed by atoms with Crippen LogP contribution in [0.5, 0.6) is 11.5 Å². The molecule has 0 radical (unpaired) electrons. The molecule has 0 aliphatic heterocycles. The van der Waals surface area contributed by atoms with Gasteiger partial charge >= 0.3 is 0 Å². The van der Waals surface area contributed by atoms with Gasteiger partial charge in [0.15, 0.2) is 0 Å². The molecular weight excluding hydrogens is 637 g/mol. The number of aromatic nitrogens is 4. The van der Waals surface area contributed by atoms with Crippen molar-refractivity contribution in [1.29, 1.82) is 0 Å². The predicted molar refractivity (Wildman–Crippen MR) is 218 cm³/mol. The Hall–Kier alpha value is -4.64. The second-order valence-electron chi connectivity index (χ2n) is 17.4. The molecule has 2 atom stereocenters. The Labute approximate surface area is 310 Å². The number of nitrogens with zero attached hydrogens (tertiary/aromatic N) is 4. The normalized spacial score (nSPS) is 17.0. The topological polar surface area (TPSA) is 44.9 Å². The van der Waals surface area contributed by atoms with Gasteiger partial charge in [0.25, 0.3) is 0 Å². The molecule has 0 bridgehead atoms. The maximum absolute atomic E-state index is 6.80. The van der Waals surface area contributed by atoms with Gasteiger partial charge in [0.05, 0.1) is 22.4 Å². The maximum atomic E-state index is 6.80. The van der Waals surface area contributed by atoms with E-state index in [-0.39, 0.29) is 10.8 Å². The van der Waals surface area contributed by atoms with Crippen molar-refractivity contribution >= 4 is 21.8 Å². The lowest BCUT2D eigenvalue weighted by Crippen LogP contribution is -2.34. The number of para-hydroxylation sites is 1. The third kappa shape index (κ3) is 6.48. The van der Waals surface area contributed by atoms with Gasteiger partial charge in [0.2, 0.25) is 0 Å². The van der Waals surface area contributed by atoms with Crippen molar-refractivity contribution in [2.75, 3.05) is 0 Å². The Morgan fingerprint density at radius 3 is 2.31 bits per heavy atom. The molecule has 52 heavy (non-hydrogen) atoms. The van der Waals surface area contributed by atoms with Gasteiger partial charge in [-0.05, 0) is 109 Å². The minimum absolute atomic E-state index is 0.0792. The summed E-state index contributed by atoms with van der Waals surface area (Å²) in [6.07, 6.45) is 7.74. The van der Waals surface area contributed by atoms with E-state index in [4.69, 9.17) is 14.8 Å². The van der Waals surface area contributed by atoms with E-state index >= 15 is 0 Å². The number of pyridine rings is 1. The van der Waals surface area contributed by atoms with Gasteiger partial charge in [0.1, 0.15) is 17.3 Å². The number of hydrogen-bond acceptors (Lipinski definition) is 3. The van der Waals surface area contributed by atoms with Crippen LogP contribution in [0.4, 0.5) is 0 Å². The second-order valence-corrected chi connectivity index (χ2v) is 17.4. The lowest BCUT2D eigenvalue weighted by atomic mass is 9.59. The van der Waals surface area contributed by atoms with Crippen LogP contribution in [0.15, 0.2) is 90.6 Å². The average Bonchev–Trinajstić information content (AvgIpc) is 3.59. The van der Waals surface area contributed by atoms with Crippen LogP contribution in [0, 0.1) is 30.6 Å². The lowest BCUT2D eigenvalue weighted by Gasteiger charge is -2.45. The fourth-order valence-electron chi connectivity index (χ4n) is 8.67. The maximum Gasteiger partial charge on any atom is 0.137 e. The second kappa shape index (κ2) is 13.4. The molecule has 0 spiro atoms. The molecule has 1 unspecified atom stereocenters. The molecule has 7 rings (SSSR count). The number of aryl methyl sites for hydroxylation is 2. The quantitative estimate of drug-likeness (QED) is 0.156. The minimum atomic E-state index is 0.0792. The molecule has 0 fully saturated rings. The van der Waals surface area contributed by atoms with Crippen LogP contribution in [0.2, 0.25) is 0 Å². The highest BCUT2D eigenvalue weighted by molar-refractivity contribution is 6.09. The number of rotatable bonds is 7. The number of allylic oxidation sites excluding steroid dienone is 2. The molecule has 0 N–H and O–H groups in total. The molecule has 3 aromatic heterocycles. The molecule has 0 saturated heterocycles. The van der Waals surface area contributed by atoms with Crippen molar-refractivity contribution in [1.82, 2.24) is 19.3 Å². The summed E-state index contributed by atoms with van der Waals surface area (Å²) in [6, 6.07) is 25.9. The fourth-order valence-corrected chi connectivity index (χ4v) is 8.67. The molecule has 0 amide bonds. The van der Waals surface area contributed by atoms with E-state index in [1.807, 2.05) is 6.20 Å². The standard InChI is InChI=1S/C47H56N4O/c1-12-32-22-23-48-43(24-32)50-41-19-14-13-16-37(41)38-21-20-35(28-42(38)50)52-36-26-33(29(2)3)25-34(27-36)51-31(5)44(30(4)49-51)45-39(46(6,7)8)17-15-18-40(45)47(9,10)11/h13-14,16-17,19-29,40,45H,12,15,18H2,1-11H3/t40-,45?/m0/s1. The highest BCUT2D eigenvalue weighted by atomic mass is 16.5. The summed E-state index contributed by atoms with van der Waals surface area (Å²) in [4.78, 5) is 4.82. The van der Waals surface area contributed by atoms with E-state index < -0.39 is 0 Å². The zero-order valence-electron chi connectivity index (χ0n) is 33.1. The van der Waals surface area contributed by atoms with E-state index in [0.717, 1.165) is 52.6 Å². The SMILES string of the molecule is CCc1ccnc(-n2c3ccccc3c3ccc(Oc4cc(C(C)C)cc(-n5nc(C)c(C6C(C(C)(C)C)=CCC[C@@H]6C(C)(C)C)c5C)c4)cc32)c1. The first-order valence-electron chi connectivity index (χ1n) is 19.2. The Kier molecular flexibility index (Phi) is 9.21. The van der Waals surface area contributed by atoms with Crippen LogP contribution in [0.1, 0.15) is 115 Å². The van der Waals surface area contributed by atoms with Crippen LogP contribution >= 0.6 is 0 Å². The first-order valence-corrected chi connectivity index (χ1v) is 19.2. The number of hydrogen-bond donors (Lipinski definition) is 0. The van der Waals surface area contributed by atoms with Crippen LogP contribution in [0.25, 0.3) is 33.3 Å². The monoisotopic (exact) mass is 692 g/mol. The molecule has 3 aromatic carbocycles. The van der Waals surface area contributed by atoms with Crippen molar-refractivity contribution in [3.63, 3.8) is 0 Å². The van der Waals surface area contributed by atoms with E-state index in [1.165, 1.54) is 39.6 Å². The van der Waals surface area contributed by atoms with E-state index in [2.05, 4.69) is 164 Å². The third-order valence-electron chi connectivity index (χ3n) is 11.4. The highest BCUT2D eigenvalue weighted by Gasteiger charge is 2.42. The lowest BCUT2D eigenvalue weighted by molar-refractivity contribution is 0.180. The van der Waals surface area contributed by atoms with Gasteiger partial charge in [0, 0.05) is 46.3 Å². The molecule has 6 aromatic rings. The molecular formula is C47H56N4O. The van der Waals surface area contributed by atoms with Gasteiger partial charge in [-0.1, -0.05) is 92.2 Å². The molecule has 3 heterocycles. The van der Waals surface area contributed by atoms with Crippen molar-refractivity contribution in [3.05, 3.63) is 119 Å². The van der Waals surface area contributed by atoms with Gasteiger partial charge in [-0.15, -0.1) is 0 Å². The molecule has 5 nitrogen and oxygen atoms in total. The van der Waals surface area contributed by atoms with E-state index in [0.29, 0.717) is 17.8 Å². The minimum Gasteiger partial charge on any atom is -0.457 e. The first kappa shape index (κ1) is 35.7. The average molecular weight is 693 g/mol. The van der Waals surface area contributed by atoms with E-state index in [1.54, 1.807) is 5.57 Å². The Bertz CT molecular complexity index is 2300. The number of fused-ring (bicyclic) bond motifs is 3. The fraction of sp³-hybridized carbons (Fsp3) is 0.404. The smallest absolute Gasteiger partial charge is 0.137 e. The molecule has 1 aliphatic carbocycles. The predicted octanol–water partition coefficient (Wildman–Crippen LogP) is 13.0. The van der Waals surface area contributed by atoms with Crippen LogP contribution in [-0.2, 0) is 6.42 Å². The van der Waals surface area contributed by atoms with Crippen molar-refractivity contribution in [3.8, 4) is 23.0 Å². The summed E-state index contributed by atoms with van der Waals surface area (Å²) < 4.78 is 11.2. The summed E-state index contributed by atoms with van der Waals surface area (Å²) in [5, 5.41) is 7.67. The van der Waals surface area contributed by atoms with Crippen molar-refractivity contribution < 1.29 is 4.74 Å². The van der Waals surface area contributed by atoms with Crippen LogP contribution in [0.3, 0.4) is 0 Å². The molecule has 5 heteroatoms. The zero-order valence-corrected chi connectivity index (χ0v) is 33.1. The Morgan fingerprint density at radius 1 is 0.846 bits per heavy atom. The largest absolute Gasteiger partial charge is 0.457 e. The Morgan fingerprint density at radius 2 is 1.60 bits per heavy atom. The number of ether oxygens (including phenoxy) is 1. The summed E-state index contributed by atoms with van der Waals surface area (Å²) in [5.74, 6) is 3.71. The first-order chi connectivity index (χ1) is 24.7. The molecule has 0 saturated carbocycles. The Balaban J connectivity index is 1.33. The van der Waals surface area contributed by atoms with Gasteiger partial charge in [-0.2, -0.15) is 5.10 Å². The summed E-state index contributed by atoms with van der Waals surface area (Å²) in [5.41, 5.74) is 11.3. The van der Waals surface area contributed by atoms with Crippen molar-refractivity contribution in [2.24, 2.45) is 16.7 Å². The van der Waals surface area contributed by atoms with Crippen LogP contribution in [-0.4, -0.2) is 19.3 Å². The highest BCUT2D eigenvalue weighted by Crippen LogP contribution is 2.53. The van der Waals surface area contributed by atoms with Crippen molar-refractivity contribution in [2.45, 2.75) is 107 Å². The number of benzene rings is 3. The van der Waals surface area contributed by atoms with E-state index in [9.17, 15) is 0 Å². The summed E-state index contributed by atoms with van der Waals surface area (Å²) >= 11 is 0. The third-order valence-corrected chi connectivity index (χ3v) is 11.4. The van der Waals surface area contributed by atoms with Gasteiger partial charge in [-0.3, -0.25) is 4.57 Å². The van der Waals surface area contributed by atoms with Gasteiger partial charge in [-0.25, -0.2) is 9.67 Å².